The molecule has 0 spiro atoms. The van der Waals surface area contributed by atoms with E-state index in [1.807, 2.05) is 62.4 Å². The van der Waals surface area contributed by atoms with E-state index in [4.69, 9.17) is 0 Å². The van der Waals surface area contributed by atoms with Crippen molar-refractivity contribution in [3.63, 3.8) is 0 Å². The van der Waals surface area contributed by atoms with Crippen LogP contribution in [0.5, 0.6) is 0 Å². The Labute approximate surface area is 188 Å². The van der Waals surface area contributed by atoms with Gasteiger partial charge in [-0.15, -0.1) is 0 Å². The van der Waals surface area contributed by atoms with Crippen molar-refractivity contribution in [2.45, 2.75) is 32.9 Å². The maximum absolute atomic E-state index is 13.0. The van der Waals surface area contributed by atoms with Gasteiger partial charge in [-0.05, 0) is 61.7 Å². The molecule has 164 valence electrons. The summed E-state index contributed by atoms with van der Waals surface area (Å²) in [5, 5.41) is 8.62. The fraction of sp³-hybridized carbons (Fsp3) is 0.231. The van der Waals surface area contributed by atoms with Gasteiger partial charge in [0.05, 0.1) is 5.56 Å². The highest BCUT2D eigenvalue weighted by molar-refractivity contribution is 6.04. The van der Waals surface area contributed by atoms with Gasteiger partial charge in [0.25, 0.3) is 5.91 Å². The highest BCUT2D eigenvalue weighted by Gasteiger charge is 2.22. The summed E-state index contributed by atoms with van der Waals surface area (Å²) in [5.41, 5.74) is 5.31. The minimum atomic E-state index is -0.355. The van der Waals surface area contributed by atoms with Gasteiger partial charge < -0.3 is 20.9 Å². The maximum atomic E-state index is 13.0. The third-order valence-electron chi connectivity index (χ3n) is 5.42. The molecular formula is C26H28N4O2. The molecule has 6 nitrogen and oxygen atoms in total. The van der Waals surface area contributed by atoms with Crippen molar-refractivity contribution < 1.29 is 9.59 Å². The Morgan fingerprint density at radius 1 is 0.844 bits per heavy atom. The molecule has 3 aromatic rings. The number of hydrogen-bond acceptors (Lipinski definition) is 3. The maximum Gasteiger partial charge on any atom is 0.323 e. The average molecular weight is 429 g/mol. The van der Waals surface area contributed by atoms with Crippen LogP contribution in [0.2, 0.25) is 0 Å². The van der Waals surface area contributed by atoms with E-state index in [9.17, 15) is 9.59 Å². The molecule has 1 aliphatic rings. The lowest BCUT2D eigenvalue weighted by Crippen LogP contribution is -2.35. The molecular weight excluding hydrogens is 400 g/mol. The van der Waals surface area contributed by atoms with E-state index < -0.39 is 0 Å². The number of nitrogens with one attached hydrogen (secondary N) is 3. The van der Waals surface area contributed by atoms with Gasteiger partial charge in [0.15, 0.2) is 0 Å². The highest BCUT2D eigenvalue weighted by Crippen LogP contribution is 2.29. The van der Waals surface area contributed by atoms with Crippen molar-refractivity contribution in [1.82, 2.24) is 5.32 Å². The predicted octanol–water partition coefficient (Wildman–Crippen LogP) is 5.03. The number of hydrogen-bond donors (Lipinski definition) is 3. The van der Waals surface area contributed by atoms with E-state index in [0.717, 1.165) is 25.2 Å². The molecule has 0 bridgehead atoms. The number of rotatable bonds is 5. The zero-order valence-corrected chi connectivity index (χ0v) is 18.4. The first-order valence-electron chi connectivity index (χ1n) is 10.9. The molecule has 32 heavy (non-hydrogen) atoms. The third kappa shape index (κ3) is 5.09. The standard InChI is InChI=1S/C26H28N4O2/c1-18(2)27-25(31)23-16-22(29-26(32)28-21-10-4-3-5-11-21)12-13-24(23)30-15-14-19-8-6-7-9-20(19)17-30/h3-13,16,18H,14-15,17H2,1-2H3,(H,27,31)(H2,28,29,32). The summed E-state index contributed by atoms with van der Waals surface area (Å²) in [4.78, 5) is 27.7. The molecule has 0 unspecified atom stereocenters. The van der Waals surface area contributed by atoms with Crippen LogP contribution in [0, 0.1) is 0 Å². The molecule has 3 N–H and O–H groups in total. The Balaban J connectivity index is 1.58. The summed E-state index contributed by atoms with van der Waals surface area (Å²) < 4.78 is 0. The van der Waals surface area contributed by atoms with Crippen molar-refractivity contribution in [1.29, 1.82) is 0 Å². The van der Waals surface area contributed by atoms with Crippen LogP contribution in [0.3, 0.4) is 0 Å². The second kappa shape index (κ2) is 9.56. The molecule has 0 fully saturated rings. The topological polar surface area (TPSA) is 73.5 Å². The summed E-state index contributed by atoms with van der Waals surface area (Å²) in [6, 6.07) is 22.8. The van der Waals surface area contributed by atoms with Gasteiger partial charge in [0.2, 0.25) is 0 Å². The monoisotopic (exact) mass is 428 g/mol. The molecule has 0 saturated heterocycles. The van der Waals surface area contributed by atoms with E-state index in [-0.39, 0.29) is 18.0 Å². The Morgan fingerprint density at radius 2 is 1.53 bits per heavy atom. The molecule has 0 aromatic heterocycles. The van der Waals surface area contributed by atoms with Crippen LogP contribution in [-0.2, 0) is 13.0 Å². The van der Waals surface area contributed by atoms with Crippen LogP contribution < -0.4 is 20.9 Å². The van der Waals surface area contributed by atoms with Crippen LogP contribution in [0.25, 0.3) is 0 Å². The van der Waals surface area contributed by atoms with E-state index in [1.54, 1.807) is 6.07 Å². The average Bonchev–Trinajstić information content (AvgIpc) is 2.79. The summed E-state index contributed by atoms with van der Waals surface area (Å²) >= 11 is 0. The van der Waals surface area contributed by atoms with Crippen molar-refractivity contribution in [2.24, 2.45) is 0 Å². The quantitative estimate of drug-likeness (QED) is 0.534. The number of fused-ring (bicyclic) bond motifs is 1. The zero-order valence-electron chi connectivity index (χ0n) is 18.4. The Kier molecular flexibility index (Phi) is 6.40. The lowest BCUT2D eigenvalue weighted by Gasteiger charge is -2.32. The minimum Gasteiger partial charge on any atom is -0.366 e. The predicted molar refractivity (Wildman–Crippen MR) is 129 cm³/mol. The first-order valence-corrected chi connectivity index (χ1v) is 10.9. The number of carbonyl (C=O) groups is 2. The van der Waals surface area contributed by atoms with Gasteiger partial charge >= 0.3 is 6.03 Å². The Morgan fingerprint density at radius 3 is 2.28 bits per heavy atom. The Hall–Kier alpha value is -3.80. The Bertz CT molecular complexity index is 1110. The van der Waals surface area contributed by atoms with Gasteiger partial charge in [-0.25, -0.2) is 4.79 Å². The van der Waals surface area contributed by atoms with Crippen molar-refractivity contribution in [3.05, 3.63) is 89.5 Å². The third-order valence-corrected chi connectivity index (χ3v) is 5.42. The smallest absolute Gasteiger partial charge is 0.323 e. The number of nitrogens with zero attached hydrogens (tertiary/aromatic N) is 1. The molecule has 6 heteroatoms. The molecule has 1 heterocycles. The first-order chi connectivity index (χ1) is 15.5. The van der Waals surface area contributed by atoms with Gasteiger partial charge in [0, 0.05) is 36.2 Å². The molecule has 3 amide bonds. The van der Waals surface area contributed by atoms with Crippen LogP contribution >= 0.6 is 0 Å². The lowest BCUT2D eigenvalue weighted by atomic mass is 9.98. The molecule has 0 aliphatic carbocycles. The minimum absolute atomic E-state index is 0.00965. The van der Waals surface area contributed by atoms with Crippen LogP contribution in [0.1, 0.15) is 35.3 Å². The first kappa shape index (κ1) is 21.4. The number of amides is 3. The lowest BCUT2D eigenvalue weighted by molar-refractivity contribution is 0.0943. The second-order valence-electron chi connectivity index (χ2n) is 8.25. The molecule has 0 saturated carbocycles. The van der Waals surface area contributed by atoms with Gasteiger partial charge in [-0.2, -0.15) is 0 Å². The van der Waals surface area contributed by atoms with Crippen molar-refractivity contribution in [3.8, 4) is 0 Å². The van der Waals surface area contributed by atoms with Gasteiger partial charge in [0.1, 0.15) is 0 Å². The summed E-state index contributed by atoms with van der Waals surface area (Å²) in [6.45, 7) is 5.45. The number of carbonyl (C=O) groups excluding carboxylic acids is 2. The summed E-state index contributed by atoms with van der Waals surface area (Å²) in [6.07, 6.45) is 0.931. The van der Waals surface area contributed by atoms with E-state index in [0.29, 0.717) is 16.9 Å². The molecule has 4 rings (SSSR count). The van der Waals surface area contributed by atoms with Gasteiger partial charge in [-0.3, -0.25) is 4.79 Å². The fourth-order valence-electron chi connectivity index (χ4n) is 3.93. The summed E-state index contributed by atoms with van der Waals surface area (Å²) in [7, 11) is 0. The van der Waals surface area contributed by atoms with E-state index in [2.05, 4.69) is 39.0 Å². The van der Waals surface area contributed by atoms with Crippen molar-refractivity contribution >= 4 is 29.0 Å². The fourth-order valence-corrected chi connectivity index (χ4v) is 3.93. The number of benzene rings is 3. The largest absolute Gasteiger partial charge is 0.366 e. The van der Waals surface area contributed by atoms with Crippen LogP contribution in [0.4, 0.5) is 21.9 Å². The zero-order chi connectivity index (χ0) is 22.5. The molecule has 1 aliphatic heterocycles. The number of anilines is 3. The van der Waals surface area contributed by atoms with E-state index in [1.165, 1.54) is 11.1 Å². The number of urea groups is 1. The summed E-state index contributed by atoms with van der Waals surface area (Å²) in [5.74, 6) is -0.152. The molecule has 0 atom stereocenters. The van der Waals surface area contributed by atoms with Gasteiger partial charge in [-0.1, -0.05) is 42.5 Å². The van der Waals surface area contributed by atoms with E-state index >= 15 is 0 Å². The SMILES string of the molecule is CC(C)NC(=O)c1cc(NC(=O)Nc2ccccc2)ccc1N1CCc2ccccc2C1. The van der Waals surface area contributed by atoms with Crippen molar-refractivity contribution in [2.75, 3.05) is 22.1 Å². The second-order valence-corrected chi connectivity index (χ2v) is 8.25. The van der Waals surface area contributed by atoms with Crippen LogP contribution in [0.15, 0.2) is 72.8 Å². The molecule has 3 aromatic carbocycles. The highest BCUT2D eigenvalue weighted by atomic mass is 16.2. The number of para-hydroxylation sites is 1. The molecule has 0 radical (unpaired) electrons. The van der Waals surface area contributed by atoms with Crippen LogP contribution in [-0.4, -0.2) is 24.5 Å². The normalized spacial score (nSPS) is 12.8.